The lowest BCUT2D eigenvalue weighted by molar-refractivity contribution is 0.102. The summed E-state index contributed by atoms with van der Waals surface area (Å²) < 4.78 is 13.5. The van der Waals surface area contributed by atoms with Gasteiger partial charge in [-0.05, 0) is 19.1 Å². The second-order valence-electron chi connectivity index (χ2n) is 3.91. The van der Waals surface area contributed by atoms with Crippen molar-refractivity contribution in [1.82, 2.24) is 4.98 Å². The van der Waals surface area contributed by atoms with Crippen molar-refractivity contribution >= 4 is 34.5 Å². The van der Waals surface area contributed by atoms with Crippen LogP contribution in [0, 0.1) is 5.82 Å². The third-order valence-electron chi connectivity index (χ3n) is 2.35. The summed E-state index contributed by atoms with van der Waals surface area (Å²) in [6, 6.07) is 3.93. The largest absolute Gasteiger partial charge is 0.322 e. The summed E-state index contributed by atoms with van der Waals surface area (Å²) in [5.41, 5.74) is 5.80. The van der Waals surface area contributed by atoms with Crippen LogP contribution in [0.25, 0.3) is 0 Å². The molecule has 3 N–H and O–H groups in total. The SMILES string of the molecule is CC(N)c1nc(C(=O)Nc2c(F)cccc2Cl)cs1. The molecular formula is C12H11ClFN3OS. The Morgan fingerprint density at radius 1 is 1.58 bits per heavy atom. The molecule has 1 aromatic carbocycles. The van der Waals surface area contributed by atoms with Crippen LogP contribution in [-0.2, 0) is 0 Å². The molecule has 0 aliphatic heterocycles. The van der Waals surface area contributed by atoms with Crippen molar-refractivity contribution in [2.75, 3.05) is 5.32 Å². The molecule has 1 aromatic heterocycles. The Labute approximate surface area is 118 Å². The van der Waals surface area contributed by atoms with Crippen LogP contribution in [0.3, 0.4) is 0 Å². The zero-order chi connectivity index (χ0) is 14.0. The molecule has 2 aromatic rings. The Bertz CT molecular complexity index is 595. The van der Waals surface area contributed by atoms with Crippen LogP contribution in [0.15, 0.2) is 23.6 Å². The highest BCUT2D eigenvalue weighted by Gasteiger charge is 2.16. The molecule has 1 heterocycles. The van der Waals surface area contributed by atoms with Crippen LogP contribution in [0.2, 0.25) is 5.02 Å². The number of nitrogens with zero attached hydrogens (tertiary/aromatic N) is 1. The number of rotatable bonds is 3. The topological polar surface area (TPSA) is 68.0 Å². The van der Waals surface area contributed by atoms with Crippen molar-refractivity contribution in [1.29, 1.82) is 0 Å². The van der Waals surface area contributed by atoms with E-state index < -0.39 is 11.7 Å². The number of carbonyl (C=O) groups excluding carboxylic acids is 1. The third kappa shape index (κ3) is 3.09. The van der Waals surface area contributed by atoms with E-state index in [1.54, 1.807) is 12.3 Å². The predicted octanol–water partition coefficient (Wildman–Crippen LogP) is 3.21. The summed E-state index contributed by atoms with van der Waals surface area (Å²) in [5, 5.41) is 4.76. The molecule has 0 saturated heterocycles. The summed E-state index contributed by atoms with van der Waals surface area (Å²) in [6.07, 6.45) is 0. The lowest BCUT2D eigenvalue weighted by Gasteiger charge is -2.06. The lowest BCUT2D eigenvalue weighted by Crippen LogP contribution is -2.14. The fourth-order valence-electron chi connectivity index (χ4n) is 1.40. The average molecular weight is 300 g/mol. The number of amides is 1. The first-order valence-electron chi connectivity index (χ1n) is 5.45. The number of thiazole rings is 1. The maximum atomic E-state index is 13.5. The summed E-state index contributed by atoms with van der Waals surface area (Å²) in [5.74, 6) is -1.11. The van der Waals surface area contributed by atoms with Gasteiger partial charge in [-0.1, -0.05) is 17.7 Å². The molecule has 0 spiro atoms. The van der Waals surface area contributed by atoms with Gasteiger partial charge in [0.05, 0.1) is 16.8 Å². The molecule has 0 aliphatic rings. The summed E-state index contributed by atoms with van der Waals surface area (Å²) in [7, 11) is 0. The number of hydrogen-bond acceptors (Lipinski definition) is 4. The summed E-state index contributed by atoms with van der Waals surface area (Å²) in [4.78, 5) is 16.0. The van der Waals surface area contributed by atoms with Gasteiger partial charge in [0.15, 0.2) is 0 Å². The standard InChI is InChI=1S/C12H11ClFN3OS/c1-6(15)12-16-9(5-19-12)11(18)17-10-7(13)3-2-4-8(10)14/h2-6H,15H2,1H3,(H,17,18). The molecular weight excluding hydrogens is 289 g/mol. The van der Waals surface area contributed by atoms with Gasteiger partial charge < -0.3 is 11.1 Å². The van der Waals surface area contributed by atoms with Crippen LogP contribution < -0.4 is 11.1 Å². The quantitative estimate of drug-likeness (QED) is 0.914. The van der Waals surface area contributed by atoms with Crippen LogP contribution in [0.4, 0.5) is 10.1 Å². The van der Waals surface area contributed by atoms with E-state index in [0.717, 1.165) is 0 Å². The monoisotopic (exact) mass is 299 g/mol. The van der Waals surface area contributed by atoms with Crippen LogP contribution in [0.5, 0.6) is 0 Å². The van der Waals surface area contributed by atoms with Gasteiger partial charge in [0.2, 0.25) is 0 Å². The smallest absolute Gasteiger partial charge is 0.275 e. The second-order valence-corrected chi connectivity index (χ2v) is 5.21. The first-order chi connectivity index (χ1) is 8.99. The first kappa shape index (κ1) is 13.9. The molecule has 2 rings (SSSR count). The van der Waals surface area contributed by atoms with E-state index in [4.69, 9.17) is 17.3 Å². The maximum absolute atomic E-state index is 13.5. The van der Waals surface area contributed by atoms with E-state index in [9.17, 15) is 9.18 Å². The number of carbonyl (C=O) groups is 1. The van der Waals surface area contributed by atoms with Crippen LogP contribution in [0.1, 0.15) is 28.5 Å². The van der Waals surface area contributed by atoms with Crippen molar-refractivity contribution in [2.45, 2.75) is 13.0 Å². The number of benzene rings is 1. The zero-order valence-electron chi connectivity index (χ0n) is 9.98. The van der Waals surface area contributed by atoms with Gasteiger partial charge in [0.25, 0.3) is 5.91 Å². The lowest BCUT2D eigenvalue weighted by atomic mass is 10.3. The number of hydrogen-bond donors (Lipinski definition) is 2. The highest BCUT2D eigenvalue weighted by molar-refractivity contribution is 7.09. The number of halogens is 2. The Morgan fingerprint density at radius 3 is 2.89 bits per heavy atom. The molecule has 0 bridgehead atoms. The third-order valence-corrected chi connectivity index (χ3v) is 3.71. The number of aromatic nitrogens is 1. The van der Waals surface area contributed by atoms with Gasteiger partial charge in [-0.2, -0.15) is 0 Å². The van der Waals surface area contributed by atoms with Gasteiger partial charge in [0.1, 0.15) is 16.5 Å². The van der Waals surface area contributed by atoms with Crippen LogP contribution >= 0.6 is 22.9 Å². The molecule has 0 radical (unpaired) electrons. The van der Waals surface area contributed by atoms with Crippen LogP contribution in [-0.4, -0.2) is 10.9 Å². The molecule has 4 nitrogen and oxygen atoms in total. The van der Waals surface area contributed by atoms with Gasteiger partial charge >= 0.3 is 0 Å². The molecule has 1 unspecified atom stereocenters. The van der Waals surface area contributed by atoms with Gasteiger partial charge in [-0.3, -0.25) is 4.79 Å². The van der Waals surface area contributed by atoms with Crippen molar-refractivity contribution in [3.63, 3.8) is 0 Å². The first-order valence-corrected chi connectivity index (χ1v) is 6.71. The highest BCUT2D eigenvalue weighted by atomic mass is 35.5. The minimum absolute atomic E-state index is 0.0514. The molecule has 7 heteroatoms. The van der Waals surface area contributed by atoms with E-state index in [-0.39, 0.29) is 22.4 Å². The summed E-state index contributed by atoms with van der Waals surface area (Å²) in [6.45, 7) is 1.77. The second kappa shape index (κ2) is 5.64. The molecule has 1 atom stereocenters. The number of nitrogens with two attached hydrogens (primary N) is 1. The minimum Gasteiger partial charge on any atom is -0.322 e. The Kier molecular flexibility index (Phi) is 4.14. The number of anilines is 1. The highest BCUT2D eigenvalue weighted by Crippen LogP contribution is 2.25. The van der Waals surface area contributed by atoms with E-state index in [2.05, 4.69) is 10.3 Å². The number of para-hydroxylation sites is 1. The molecule has 100 valence electrons. The molecule has 0 saturated carbocycles. The molecule has 19 heavy (non-hydrogen) atoms. The van der Waals surface area contributed by atoms with E-state index in [1.807, 2.05) is 0 Å². The van der Waals surface area contributed by atoms with Gasteiger partial charge in [-0.15, -0.1) is 11.3 Å². The van der Waals surface area contributed by atoms with Gasteiger partial charge in [0, 0.05) is 5.38 Å². The average Bonchev–Trinajstić information content (AvgIpc) is 2.83. The number of nitrogens with one attached hydrogen (secondary N) is 1. The summed E-state index contributed by atoms with van der Waals surface area (Å²) >= 11 is 7.11. The normalized spacial score (nSPS) is 12.2. The van der Waals surface area contributed by atoms with E-state index in [0.29, 0.717) is 5.01 Å². The minimum atomic E-state index is -0.594. The van der Waals surface area contributed by atoms with Crippen molar-refractivity contribution in [2.24, 2.45) is 5.73 Å². The Morgan fingerprint density at radius 2 is 2.32 bits per heavy atom. The Balaban J connectivity index is 2.21. The fourth-order valence-corrected chi connectivity index (χ4v) is 2.36. The van der Waals surface area contributed by atoms with Crippen molar-refractivity contribution in [3.05, 3.63) is 45.1 Å². The maximum Gasteiger partial charge on any atom is 0.275 e. The van der Waals surface area contributed by atoms with Crippen molar-refractivity contribution in [3.8, 4) is 0 Å². The molecule has 1 amide bonds. The predicted molar refractivity (Wildman–Crippen MR) is 74.1 cm³/mol. The molecule has 0 fully saturated rings. The Hall–Kier alpha value is -1.50. The van der Waals surface area contributed by atoms with Gasteiger partial charge in [-0.25, -0.2) is 9.37 Å². The van der Waals surface area contributed by atoms with Crippen molar-refractivity contribution < 1.29 is 9.18 Å². The van der Waals surface area contributed by atoms with E-state index >= 15 is 0 Å². The fraction of sp³-hybridized carbons (Fsp3) is 0.167. The molecule has 0 aliphatic carbocycles. The van der Waals surface area contributed by atoms with E-state index in [1.165, 1.54) is 29.5 Å². The zero-order valence-corrected chi connectivity index (χ0v) is 11.6.